The lowest BCUT2D eigenvalue weighted by Gasteiger charge is -2.16. The molecule has 1 unspecified atom stereocenters. The first kappa shape index (κ1) is 13.4. The maximum absolute atomic E-state index is 5.93. The van der Waals surface area contributed by atoms with Crippen LogP contribution in [0.2, 0.25) is 5.02 Å². The molecule has 0 saturated heterocycles. The topological polar surface area (TPSA) is 12.0 Å². The van der Waals surface area contributed by atoms with Crippen molar-refractivity contribution in [1.82, 2.24) is 0 Å². The van der Waals surface area contributed by atoms with Crippen LogP contribution in [0, 0.1) is 0 Å². The minimum atomic E-state index is 0.366. The number of hydrogen-bond donors (Lipinski definition) is 1. The maximum atomic E-state index is 5.93. The molecule has 1 nitrogen and oxygen atoms in total. The third-order valence-corrected chi connectivity index (χ3v) is 3.61. The Morgan fingerprint density at radius 2 is 1.89 bits per heavy atom. The molecule has 0 spiro atoms. The molecule has 0 heterocycles. The number of anilines is 1. The molecule has 0 bridgehead atoms. The molecular weight excluding hydrogens is 310 g/mol. The summed E-state index contributed by atoms with van der Waals surface area (Å²) in [5.74, 6) is 0. The van der Waals surface area contributed by atoms with Crippen LogP contribution in [0.15, 0.2) is 53.0 Å². The van der Waals surface area contributed by atoms with Crippen molar-refractivity contribution in [1.29, 1.82) is 0 Å². The smallest absolute Gasteiger partial charge is 0.0487 e. The highest BCUT2D eigenvalue weighted by molar-refractivity contribution is 9.10. The summed E-state index contributed by atoms with van der Waals surface area (Å²) >= 11 is 9.44. The second kappa shape index (κ2) is 6.26. The number of benzene rings is 2. The van der Waals surface area contributed by atoms with E-state index in [9.17, 15) is 0 Å². The molecule has 0 saturated carbocycles. The Morgan fingerprint density at radius 3 is 2.56 bits per heavy atom. The molecule has 0 aromatic heterocycles. The predicted octanol–water partition coefficient (Wildman–Crippen LogP) is 5.15. The number of halogens is 2. The molecule has 1 N–H and O–H groups in total. The fourth-order valence-corrected chi connectivity index (χ4v) is 2.69. The van der Waals surface area contributed by atoms with Gasteiger partial charge in [-0.25, -0.2) is 0 Å². The second-order valence-electron chi connectivity index (χ2n) is 4.36. The van der Waals surface area contributed by atoms with Gasteiger partial charge in [-0.3, -0.25) is 0 Å². The molecule has 0 aliphatic heterocycles. The number of hydrogen-bond acceptors (Lipinski definition) is 1. The van der Waals surface area contributed by atoms with E-state index in [4.69, 9.17) is 11.6 Å². The summed E-state index contributed by atoms with van der Waals surface area (Å²) in [6.45, 7) is 2.17. The lowest BCUT2D eigenvalue weighted by molar-refractivity contribution is 0.789. The molecule has 0 aliphatic rings. The van der Waals surface area contributed by atoms with Gasteiger partial charge >= 0.3 is 0 Å². The Labute approximate surface area is 121 Å². The minimum Gasteiger partial charge on any atom is -0.381 e. The predicted molar refractivity (Wildman–Crippen MR) is 82.4 cm³/mol. The fraction of sp³-hybridized carbons (Fsp3) is 0.200. The van der Waals surface area contributed by atoms with Crippen molar-refractivity contribution in [3.63, 3.8) is 0 Å². The highest BCUT2D eigenvalue weighted by Gasteiger charge is 2.06. The summed E-state index contributed by atoms with van der Waals surface area (Å²) < 4.78 is 0.995. The Balaban J connectivity index is 2.01. The van der Waals surface area contributed by atoms with Gasteiger partial charge in [0.25, 0.3) is 0 Å². The summed E-state index contributed by atoms with van der Waals surface area (Å²) in [5, 5.41) is 4.22. The zero-order valence-corrected chi connectivity index (χ0v) is 12.5. The van der Waals surface area contributed by atoms with Gasteiger partial charge in [0, 0.05) is 21.2 Å². The van der Waals surface area contributed by atoms with Crippen molar-refractivity contribution >= 4 is 33.2 Å². The van der Waals surface area contributed by atoms with Crippen LogP contribution in [0.3, 0.4) is 0 Å². The van der Waals surface area contributed by atoms with E-state index in [0.717, 1.165) is 21.6 Å². The summed E-state index contributed by atoms with van der Waals surface area (Å²) in [6.07, 6.45) is 0.996. The van der Waals surface area contributed by atoms with Gasteiger partial charge in [0.05, 0.1) is 0 Å². The van der Waals surface area contributed by atoms with Crippen molar-refractivity contribution in [3.05, 3.63) is 63.6 Å². The van der Waals surface area contributed by atoms with Crippen LogP contribution in [0.1, 0.15) is 12.5 Å². The summed E-state index contributed by atoms with van der Waals surface area (Å²) in [4.78, 5) is 0. The van der Waals surface area contributed by atoms with Crippen LogP contribution in [0.5, 0.6) is 0 Å². The van der Waals surface area contributed by atoms with E-state index < -0.39 is 0 Å². The normalized spacial score (nSPS) is 12.2. The second-order valence-corrected chi connectivity index (χ2v) is 5.65. The molecule has 0 amide bonds. The molecule has 0 aliphatic carbocycles. The largest absolute Gasteiger partial charge is 0.381 e. The standard InChI is InChI=1S/C15H15BrClN/c1-11(9-12-5-3-2-4-6-12)18-15-8-7-13(17)10-14(15)16/h2-8,10-11,18H,9H2,1H3. The quantitative estimate of drug-likeness (QED) is 0.820. The van der Waals surface area contributed by atoms with Crippen LogP contribution in [0.4, 0.5) is 5.69 Å². The molecule has 0 fully saturated rings. The highest BCUT2D eigenvalue weighted by atomic mass is 79.9. The van der Waals surface area contributed by atoms with Gasteiger partial charge in [-0.1, -0.05) is 41.9 Å². The van der Waals surface area contributed by atoms with Crippen LogP contribution >= 0.6 is 27.5 Å². The summed E-state index contributed by atoms with van der Waals surface area (Å²) in [7, 11) is 0. The lowest BCUT2D eigenvalue weighted by atomic mass is 10.1. The van der Waals surface area contributed by atoms with E-state index in [1.807, 2.05) is 24.3 Å². The van der Waals surface area contributed by atoms with E-state index in [0.29, 0.717) is 6.04 Å². The molecule has 1 atom stereocenters. The number of nitrogens with one attached hydrogen (secondary N) is 1. The van der Waals surface area contributed by atoms with E-state index >= 15 is 0 Å². The zero-order valence-electron chi connectivity index (χ0n) is 10.2. The average Bonchev–Trinajstić information content (AvgIpc) is 2.34. The molecule has 2 aromatic rings. The summed E-state index contributed by atoms with van der Waals surface area (Å²) in [5.41, 5.74) is 2.41. The third kappa shape index (κ3) is 3.76. The van der Waals surface area contributed by atoms with Gasteiger partial charge in [-0.2, -0.15) is 0 Å². The lowest BCUT2D eigenvalue weighted by Crippen LogP contribution is -2.18. The molecule has 3 heteroatoms. The van der Waals surface area contributed by atoms with Crippen LogP contribution < -0.4 is 5.32 Å². The first-order valence-corrected chi connectivity index (χ1v) is 7.08. The van der Waals surface area contributed by atoms with E-state index in [1.54, 1.807) is 0 Å². The van der Waals surface area contributed by atoms with E-state index in [-0.39, 0.29) is 0 Å². The maximum Gasteiger partial charge on any atom is 0.0487 e. The average molecular weight is 325 g/mol. The van der Waals surface area contributed by atoms with Crippen molar-refractivity contribution in [2.24, 2.45) is 0 Å². The van der Waals surface area contributed by atoms with Gasteiger partial charge < -0.3 is 5.32 Å². The molecule has 0 radical (unpaired) electrons. The van der Waals surface area contributed by atoms with Gasteiger partial charge in [0.2, 0.25) is 0 Å². The van der Waals surface area contributed by atoms with Gasteiger partial charge in [-0.05, 0) is 53.0 Å². The minimum absolute atomic E-state index is 0.366. The summed E-state index contributed by atoms with van der Waals surface area (Å²) in [6, 6.07) is 16.6. The van der Waals surface area contributed by atoms with Gasteiger partial charge in [0.15, 0.2) is 0 Å². The van der Waals surface area contributed by atoms with E-state index in [1.165, 1.54) is 5.56 Å². The van der Waals surface area contributed by atoms with Gasteiger partial charge in [0.1, 0.15) is 0 Å². The Bertz CT molecular complexity index is 513. The van der Waals surface area contributed by atoms with Crippen molar-refractivity contribution in [3.8, 4) is 0 Å². The number of rotatable bonds is 4. The monoisotopic (exact) mass is 323 g/mol. The first-order chi connectivity index (χ1) is 8.65. The molecule has 18 heavy (non-hydrogen) atoms. The van der Waals surface area contributed by atoms with E-state index in [2.05, 4.69) is 52.4 Å². The van der Waals surface area contributed by atoms with Crippen molar-refractivity contribution < 1.29 is 0 Å². The van der Waals surface area contributed by atoms with Crippen molar-refractivity contribution in [2.45, 2.75) is 19.4 Å². The molecule has 2 rings (SSSR count). The third-order valence-electron chi connectivity index (χ3n) is 2.72. The highest BCUT2D eigenvalue weighted by Crippen LogP contribution is 2.26. The van der Waals surface area contributed by atoms with Crippen LogP contribution in [0.25, 0.3) is 0 Å². The molecule has 94 valence electrons. The Kier molecular flexibility index (Phi) is 4.67. The Hall–Kier alpha value is -0.990. The zero-order chi connectivity index (χ0) is 13.0. The Morgan fingerprint density at radius 1 is 1.17 bits per heavy atom. The fourth-order valence-electron chi connectivity index (χ4n) is 1.89. The SMILES string of the molecule is CC(Cc1ccccc1)Nc1ccc(Cl)cc1Br. The van der Waals surface area contributed by atoms with Crippen LogP contribution in [-0.4, -0.2) is 6.04 Å². The molecular formula is C15H15BrClN. The van der Waals surface area contributed by atoms with Gasteiger partial charge in [-0.15, -0.1) is 0 Å². The van der Waals surface area contributed by atoms with Crippen molar-refractivity contribution in [2.75, 3.05) is 5.32 Å². The van der Waals surface area contributed by atoms with Crippen LogP contribution in [-0.2, 0) is 6.42 Å². The first-order valence-electron chi connectivity index (χ1n) is 5.90. The molecule has 2 aromatic carbocycles.